The minimum atomic E-state index is -4.75. The monoisotopic (exact) mass is 284 g/mol. The second-order valence-corrected chi connectivity index (χ2v) is 4.50. The molecule has 0 saturated heterocycles. The summed E-state index contributed by atoms with van der Waals surface area (Å²) < 4.78 is 37.4. The number of hydrogen-bond acceptors (Lipinski definition) is 3. The first-order valence-corrected chi connectivity index (χ1v) is 5.37. The van der Waals surface area contributed by atoms with Crippen LogP contribution in [0, 0.1) is 0 Å². The maximum absolute atomic E-state index is 12.5. The van der Waals surface area contributed by atoms with Crippen LogP contribution in [0.3, 0.4) is 0 Å². The summed E-state index contributed by atoms with van der Waals surface area (Å²) in [5.41, 5.74) is -1.38. The summed E-state index contributed by atoms with van der Waals surface area (Å²) in [4.78, 5) is 15.4. The molecule has 1 unspecified atom stereocenters. The average Bonchev–Trinajstić information content (AvgIpc) is 2.20. The zero-order valence-electron chi connectivity index (χ0n) is 9.68. The van der Waals surface area contributed by atoms with Crippen LogP contribution < -0.4 is 5.43 Å². The highest BCUT2D eigenvalue weighted by Crippen LogP contribution is 2.39. The predicted octanol–water partition coefficient (Wildman–Crippen LogP) is 1.98. The van der Waals surface area contributed by atoms with Crippen molar-refractivity contribution in [3.05, 3.63) is 27.7 Å². The van der Waals surface area contributed by atoms with Gasteiger partial charge in [0.2, 0.25) is 5.43 Å². The molecule has 1 aromatic rings. The molecular formula is C10H12ClF3N2O2. The molecule has 8 heteroatoms. The van der Waals surface area contributed by atoms with E-state index < -0.39 is 28.4 Å². The number of aromatic amines is 1. The minimum Gasteiger partial charge on any atom is -0.503 e. The summed E-state index contributed by atoms with van der Waals surface area (Å²) in [6.45, 7) is 0.226. The lowest BCUT2D eigenvalue weighted by atomic mass is 10.2. The number of nitrogens with one attached hydrogen (secondary N) is 1. The first-order valence-electron chi connectivity index (χ1n) is 4.93. The maximum atomic E-state index is 12.5. The number of alkyl halides is 4. The first kappa shape index (κ1) is 14.8. The lowest BCUT2D eigenvalue weighted by Gasteiger charge is -2.17. The normalized spacial score (nSPS) is 13.9. The molecule has 0 aliphatic rings. The second-order valence-electron chi connectivity index (χ2n) is 4.06. The highest BCUT2D eigenvalue weighted by Gasteiger charge is 2.42. The van der Waals surface area contributed by atoms with E-state index >= 15 is 0 Å². The fourth-order valence-corrected chi connectivity index (χ4v) is 1.56. The Morgan fingerprint density at radius 2 is 2.06 bits per heavy atom. The Balaban J connectivity index is 3.26. The predicted molar refractivity (Wildman–Crippen MR) is 60.8 cm³/mol. The molecule has 2 N–H and O–H groups in total. The third kappa shape index (κ3) is 3.39. The Morgan fingerprint density at radius 3 is 2.50 bits per heavy atom. The molecule has 4 nitrogen and oxygen atoms in total. The maximum Gasteiger partial charge on any atom is 0.410 e. The van der Waals surface area contributed by atoms with Gasteiger partial charge >= 0.3 is 6.18 Å². The third-order valence-corrected chi connectivity index (χ3v) is 2.58. The van der Waals surface area contributed by atoms with Crippen molar-refractivity contribution in [1.29, 1.82) is 0 Å². The fraction of sp³-hybridized carbons (Fsp3) is 0.500. The lowest BCUT2D eigenvalue weighted by Crippen LogP contribution is -2.21. The molecule has 102 valence electrons. The van der Waals surface area contributed by atoms with Crippen molar-refractivity contribution in [2.75, 3.05) is 14.1 Å². The SMILES string of the molecule is CN(C)Cc1cc(=O)c(O)c(C(Cl)C(F)(F)F)[nH]1. The summed E-state index contributed by atoms with van der Waals surface area (Å²) in [7, 11) is 3.37. The van der Waals surface area contributed by atoms with Crippen molar-refractivity contribution in [2.24, 2.45) is 0 Å². The van der Waals surface area contributed by atoms with Gasteiger partial charge < -0.3 is 15.0 Å². The van der Waals surface area contributed by atoms with Crippen molar-refractivity contribution in [1.82, 2.24) is 9.88 Å². The summed E-state index contributed by atoms with van der Waals surface area (Å²) in [5, 5.41) is 6.90. The van der Waals surface area contributed by atoms with E-state index in [0.717, 1.165) is 6.07 Å². The number of rotatable bonds is 3. The number of aromatic hydroxyl groups is 1. The lowest BCUT2D eigenvalue weighted by molar-refractivity contribution is -0.132. The van der Waals surface area contributed by atoms with Gasteiger partial charge in [0.05, 0.1) is 5.69 Å². The molecule has 0 saturated carbocycles. The van der Waals surface area contributed by atoms with Gasteiger partial charge in [-0.2, -0.15) is 13.2 Å². The van der Waals surface area contributed by atoms with E-state index in [0.29, 0.717) is 0 Å². The first-order chi connectivity index (χ1) is 8.12. The van der Waals surface area contributed by atoms with Gasteiger partial charge in [-0.05, 0) is 14.1 Å². The van der Waals surface area contributed by atoms with Gasteiger partial charge in [0, 0.05) is 18.3 Å². The summed E-state index contributed by atoms with van der Waals surface area (Å²) in [6.07, 6.45) is -4.75. The van der Waals surface area contributed by atoms with Gasteiger partial charge in [-0.25, -0.2) is 0 Å². The molecule has 0 aliphatic heterocycles. The van der Waals surface area contributed by atoms with E-state index in [9.17, 15) is 23.1 Å². The van der Waals surface area contributed by atoms with Gasteiger partial charge in [0.25, 0.3) is 0 Å². The van der Waals surface area contributed by atoms with Crippen molar-refractivity contribution in [3.63, 3.8) is 0 Å². The molecule has 1 rings (SSSR count). The summed E-state index contributed by atoms with van der Waals surface area (Å²) in [5.74, 6) is -1.00. The van der Waals surface area contributed by atoms with Crippen LogP contribution in [0.1, 0.15) is 16.8 Å². The van der Waals surface area contributed by atoms with Crippen LogP contribution in [-0.4, -0.2) is 35.3 Å². The Hall–Kier alpha value is -1.21. The summed E-state index contributed by atoms with van der Waals surface area (Å²) in [6, 6.07) is 1.04. The van der Waals surface area contributed by atoms with E-state index in [1.807, 2.05) is 0 Å². The number of pyridine rings is 1. The average molecular weight is 285 g/mol. The largest absolute Gasteiger partial charge is 0.503 e. The molecular weight excluding hydrogens is 273 g/mol. The molecule has 0 radical (unpaired) electrons. The molecule has 0 amide bonds. The molecule has 1 atom stereocenters. The van der Waals surface area contributed by atoms with E-state index in [1.54, 1.807) is 19.0 Å². The summed E-state index contributed by atoms with van der Waals surface area (Å²) >= 11 is 5.20. The highest BCUT2D eigenvalue weighted by atomic mass is 35.5. The van der Waals surface area contributed by atoms with Gasteiger partial charge in [0.15, 0.2) is 11.1 Å². The van der Waals surface area contributed by atoms with Crippen LogP contribution in [0.4, 0.5) is 13.2 Å². The minimum absolute atomic E-state index is 0.226. The number of aromatic nitrogens is 1. The number of hydrogen-bond donors (Lipinski definition) is 2. The van der Waals surface area contributed by atoms with Crippen molar-refractivity contribution in [3.8, 4) is 5.75 Å². The van der Waals surface area contributed by atoms with Crippen molar-refractivity contribution >= 4 is 11.6 Å². The Bertz CT molecular complexity index is 485. The molecule has 1 aromatic heterocycles. The van der Waals surface area contributed by atoms with E-state index in [1.165, 1.54) is 0 Å². The highest BCUT2D eigenvalue weighted by molar-refractivity contribution is 6.21. The van der Waals surface area contributed by atoms with Crippen LogP contribution in [-0.2, 0) is 6.54 Å². The Labute approximate surface area is 106 Å². The number of H-pyrrole nitrogens is 1. The van der Waals surface area contributed by atoms with Crippen molar-refractivity contribution < 1.29 is 18.3 Å². The van der Waals surface area contributed by atoms with Crippen LogP contribution in [0.15, 0.2) is 10.9 Å². The zero-order valence-corrected chi connectivity index (χ0v) is 10.4. The van der Waals surface area contributed by atoms with E-state index in [2.05, 4.69) is 4.98 Å². The molecule has 18 heavy (non-hydrogen) atoms. The fourth-order valence-electron chi connectivity index (χ4n) is 1.40. The van der Waals surface area contributed by atoms with E-state index in [4.69, 9.17) is 11.6 Å². The number of halogens is 4. The molecule has 0 spiro atoms. The van der Waals surface area contributed by atoms with Crippen LogP contribution in [0.2, 0.25) is 0 Å². The van der Waals surface area contributed by atoms with Crippen LogP contribution in [0.25, 0.3) is 0 Å². The quantitative estimate of drug-likeness (QED) is 0.835. The topological polar surface area (TPSA) is 56.3 Å². The molecule has 1 heterocycles. The van der Waals surface area contributed by atoms with Crippen molar-refractivity contribution in [2.45, 2.75) is 18.1 Å². The Kier molecular flexibility index (Phi) is 4.28. The number of nitrogens with zero attached hydrogens (tertiary/aromatic N) is 1. The molecule has 0 bridgehead atoms. The molecule has 0 fully saturated rings. The van der Waals surface area contributed by atoms with Gasteiger partial charge in [0.1, 0.15) is 0 Å². The van der Waals surface area contributed by atoms with Crippen LogP contribution >= 0.6 is 11.6 Å². The van der Waals surface area contributed by atoms with Gasteiger partial charge in [-0.3, -0.25) is 4.79 Å². The van der Waals surface area contributed by atoms with Gasteiger partial charge in [-0.1, -0.05) is 0 Å². The molecule has 0 aromatic carbocycles. The zero-order chi connectivity index (χ0) is 14.1. The second kappa shape index (κ2) is 5.19. The van der Waals surface area contributed by atoms with Gasteiger partial charge in [-0.15, -0.1) is 11.6 Å². The smallest absolute Gasteiger partial charge is 0.410 e. The third-order valence-electron chi connectivity index (χ3n) is 2.12. The van der Waals surface area contributed by atoms with E-state index in [-0.39, 0.29) is 12.2 Å². The molecule has 0 aliphatic carbocycles. The standard InChI is InChI=1S/C10H12ClF3N2O2/c1-16(2)4-5-3-6(17)8(18)7(15-5)9(11)10(12,13)14/h3,9,18H,4H2,1-2H3,(H,15,17). The Morgan fingerprint density at radius 1 is 1.50 bits per heavy atom. The van der Waals surface area contributed by atoms with Crippen LogP contribution in [0.5, 0.6) is 5.75 Å².